The summed E-state index contributed by atoms with van der Waals surface area (Å²) in [5.41, 5.74) is 2.43. The summed E-state index contributed by atoms with van der Waals surface area (Å²) in [6, 6.07) is -0.107. The minimum absolute atomic E-state index is 0.107. The van der Waals surface area contributed by atoms with Gasteiger partial charge in [0, 0.05) is 26.1 Å². The molecule has 0 saturated carbocycles. The zero-order chi connectivity index (χ0) is 14.3. The van der Waals surface area contributed by atoms with Crippen molar-refractivity contribution >= 4 is 5.91 Å². The quantitative estimate of drug-likeness (QED) is 0.813. The van der Waals surface area contributed by atoms with Crippen LogP contribution in [0.4, 0.5) is 0 Å². The number of likely N-dealkylation sites (tertiary alicyclic amines) is 1. The van der Waals surface area contributed by atoms with Gasteiger partial charge in [0.05, 0.1) is 23.8 Å². The minimum atomic E-state index is -0.107. The van der Waals surface area contributed by atoms with Crippen molar-refractivity contribution in [2.45, 2.75) is 46.2 Å². The molecule has 1 amide bonds. The minimum Gasteiger partial charge on any atom is -0.347 e. The van der Waals surface area contributed by atoms with Crippen LogP contribution in [0.2, 0.25) is 0 Å². The highest BCUT2D eigenvalue weighted by Gasteiger charge is 2.37. The van der Waals surface area contributed by atoms with E-state index in [9.17, 15) is 4.79 Å². The molecule has 0 bridgehead atoms. The molecule has 0 aliphatic carbocycles. The Morgan fingerprint density at radius 1 is 1.45 bits per heavy atom. The molecule has 110 valence electrons. The van der Waals surface area contributed by atoms with E-state index < -0.39 is 0 Å². The van der Waals surface area contributed by atoms with Gasteiger partial charge in [-0.05, 0) is 17.8 Å². The van der Waals surface area contributed by atoms with E-state index in [2.05, 4.69) is 36.1 Å². The standard InChI is InChI=1S/C15H24N4O/c1-15(2,3)10-4-5-19(8-10)14(20)12-6-11-13(7-16-12)18-9-17-11/h9-10,12,16H,4-8H2,1-3H3,(H,17,18). The Balaban J connectivity index is 1.64. The van der Waals surface area contributed by atoms with Crippen molar-refractivity contribution in [2.75, 3.05) is 13.1 Å². The van der Waals surface area contributed by atoms with Crippen molar-refractivity contribution in [3.8, 4) is 0 Å². The van der Waals surface area contributed by atoms with Gasteiger partial charge in [-0.1, -0.05) is 20.8 Å². The van der Waals surface area contributed by atoms with E-state index in [-0.39, 0.29) is 17.4 Å². The summed E-state index contributed by atoms with van der Waals surface area (Å²) in [5.74, 6) is 0.849. The van der Waals surface area contributed by atoms with E-state index >= 15 is 0 Å². The number of carbonyl (C=O) groups is 1. The van der Waals surface area contributed by atoms with Crippen LogP contribution in [0.25, 0.3) is 0 Å². The van der Waals surface area contributed by atoms with Crippen molar-refractivity contribution in [1.82, 2.24) is 20.2 Å². The lowest BCUT2D eigenvalue weighted by Crippen LogP contribution is -2.49. The summed E-state index contributed by atoms with van der Waals surface area (Å²) < 4.78 is 0. The van der Waals surface area contributed by atoms with E-state index in [1.165, 1.54) is 0 Å². The molecular weight excluding hydrogens is 252 g/mol. The molecule has 1 aromatic heterocycles. The molecule has 5 heteroatoms. The third-order valence-electron chi connectivity index (χ3n) is 4.75. The maximum absolute atomic E-state index is 12.6. The third kappa shape index (κ3) is 2.46. The molecule has 2 atom stereocenters. The summed E-state index contributed by atoms with van der Waals surface area (Å²) in [4.78, 5) is 22.1. The van der Waals surface area contributed by atoms with Gasteiger partial charge in [-0.15, -0.1) is 0 Å². The molecule has 1 aromatic rings. The van der Waals surface area contributed by atoms with E-state index in [1.807, 2.05) is 4.90 Å². The molecule has 3 heterocycles. The lowest BCUT2D eigenvalue weighted by atomic mass is 9.80. The zero-order valence-electron chi connectivity index (χ0n) is 12.6. The fourth-order valence-corrected chi connectivity index (χ4v) is 3.23. The first kappa shape index (κ1) is 13.6. The van der Waals surface area contributed by atoms with E-state index in [4.69, 9.17) is 0 Å². The first-order chi connectivity index (χ1) is 9.45. The number of aromatic amines is 1. The largest absolute Gasteiger partial charge is 0.347 e. The Kier molecular flexibility index (Phi) is 3.32. The smallest absolute Gasteiger partial charge is 0.240 e. The lowest BCUT2D eigenvalue weighted by molar-refractivity contribution is -0.132. The summed E-state index contributed by atoms with van der Waals surface area (Å²) in [6.45, 7) is 9.30. The topological polar surface area (TPSA) is 61.0 Å². The van der Waals surface area contributed by atoms with Gasteiger partial charge in [-0.25, -0.2) is 4.98 Å². The van der Waals surface area contributed by atoms with Crippen LogP contribution < -0.4 is 5.32 Å². The van der Waals surface area contributed by atoms with Crippen LogP contribution in [0.5, 0.6) is 0 Å². The lowest BCUT2D eigenvalue weighted by Gasteiger charge is -2.29. The molecule has 2 N–H and O–H groups in total. The van der Waals surface area contributed by atoms with Gasteiger partial charge in [0.2, 0.25) is 5.91 Å². The average Bonchev–Trinajstić information content (AvgIpc) is 3.05. The number of hydrogen-bond acceptors (Lipinski definition) is 3. The maximum Gasteiger partial charge on any atom is 0.240 e. The fourth-order valence-electron chi connectivity index (χ4n) is 3.23. The summed E-state index contributed by atoms with van der Waals surface area (Å²) in [7, 11) is 0. The van der Waals surface area contributed by atoms with Crippen molar-refractivity contribution in [2.24, 2.45) is 11.3 Å². The second kappa shape index (κ2) is 4.88. The summed E-state index contributed by atoms with van der Waals surface area (Å²) in [6.07, 6.45) is 3.54. The molecule has 0 spiro atoms. The van der Waals surface area contributed by atoms with E-state index in [1.54, 1.807) is 6.33 Å². The highest BCUT2D eigenvalue weighted by molar-refractivity contribution is 5.82. The predicted molar refractivity (Wildman–Crippen MR) is 77.1 cm³/mol. The molecule has 20 heavy (non-hydrogen) atoms. The van der Waals surface area contributed by atoms with Gasteiger partial charge in [-0.2, -0.15) is 0 Å². The van der Waals surface area contributed by atoms with Crippen molar-refractivity contribution in [3.63, 3.8) is 0 Å². The second-order valence-corrected chi connectivity index (χ2v) is 7.10. The van der Waals surface area contributed by atoms with Crippen LogP contribution in [0, 0.1) is 11.3 Å². The Bertz CT molecular complexity index is 502. The van der Waals surface area contributed by atoms with Crippen LogP contribution in [0.15, 0.2) is 6.33 Å². The number of fused-ring (bicyclic) bond motifs is 1. The Hall–Kier alpha value is -1.36. The number of amides is 1. The van der Waals surface area contributed by atoms with Gasteiger partial charge < -0.3 is 9.88 Å². The number of aromatic nitrogens is 2. The number of nitrogens with zero attached hydrogens (tertiary/aromatic N) is 2. The first-order valence-electron chi connectivity index (χ1n) is 7.48. The molecule has 2 unspecified atom stereocenters. The molecular formula is C15H24N4O. The molecule has 5 nitrogen and oxygen atoms in total. The van der Waals surface area contributed by atoms with Gasteiger partial charge in [0.1, 0.15) is 0 Å². The SMILES string of the molecule is CC(C)(C)C1CCN(C(=O)C2Cc3nc[nH]c3CN2)C1. The van der Waals surface area contributed by atoms with Gasteiger partial charge in [0.25, 0.3) is 0 Å². The molecule has 2 aliphatic heterocycles. The Morgan fingerprint density at radius 2 is 2.25 bits per heavy atom. The van der Waals surface area contributed by atoms with Crippen LogP contribution in [-0.4, -0.2) is 39.9 Å². The van der Waals surface area contributed by atoms with E-state index in [0.29, 0.717) is 18.9 Å². The number of imidazole rings is 1. The highest BCUT2D eigenvalue weighted by Crippen LogP contribution is 2.34. The monoisotopic (exact) mass is 276 g/mol. The van der Waals surface area contributed by atoms with Crippen LogP contribution in [0.3, 0.4) is 0 Å². The Morgan fingerprint density at radius 3 is 2.95 bits per heavy atom. The number of nitrogens with one attached hydrogen (secondary N) is 2. The number of carbonyl (C=O) groups excluding carboxylic acids is 1. The van der Waals surface area contributed by atoms with Gasteiger partial charge >= 0.3 is 0 Å². The number of hydrogen-bond donors (Lipinski definition) is 2. The second-order valence-electron chi connectivity index (χ2n) is 7.10. The maximum atomic E-state index is 12.6. The number of H-pyrrole nitrogens is 1. The highest BCUT2D eigenvalue weighted by atomic mass is 16.2. The molecule has 2 aliphatic rings. The van der Waals surface area contributed by atoms with E-state index in [0.717, 1.165) is 30.9 Å². The molecule has 0 radical (unpaired) electrons. The zero-order valence-corrected chi connectivity index (χ0v) is 12.6. The molecule has 3 rings (SSSR count). The van der Waals surface area contributed by atoms with Crippen LogP contribution in [0.1, 0.15) is 38.6 Å². The van der Waals surface area contributed by atoms with Gasteiger partial charge in [-0.3, -0.25) is 10.1 Å². The van der Waals surface area contributed by atoms with Gasteiger partial charge in [0.15, 0.2) is 0 Å². The predicted octanol–water partition coefficient (Wildman–Crippen LogP) is 1.32. The summed E-state index contributed by atoms with van der Waals surface area (Å²) >= 11 is 0. The van der Waals surface area contributed by atoms with Crippen molar-refractivity contribution < 1.29 is 4.79 Å². The summed E-state index contributed by atoms with van der Waals surface area (Å²) in [5, 5.41) is 3.33. The fraction of sp³-hybridized carbons (Fsp3) is 0.733. The third-order valence-corrected chi connectivity index (χ3v) is 4.75. The molecule has 0 aromatic carbocycles. The van der Waals surface area contributed by atoms with Crippen LogP contribution >= 0.6 is 0 Å². The first-order valence-corrected chi connectivity index (χ1v) is 7.48. The molecule has 1 saturated heterocycles. The van der Waals surface area contributed by atoms with Crippen molar-refractivity contribution in [3.05, 3.63) is 17.7 Å². The Labute approximate surface area is 120 Å². The molecule has 1 fully saturated rings. The average molecular weight is 276 g/mol. The number of rotatable bonds is 1. The van der Waals surface area contributed by atoms with Crippen molar-refractivity contribution in [1.29, 1.82) is 0 Å². The normalized spacial score (nSPS) is 26.6. The van der Waals surface area contributed by atoms with Crippen LogP contribution in [-0.2, 0) is 17.8 Å².